The standard InChI is InChI=1S/C18H18Cl3FN2O/c1-3-18(22,4-2)11-8-14(21)15(23-9-11)10-24-17(25)16-12(19)6-5-7-13(16)20/h5-9H,3-4,10H2,1-2H3,(H,24,25). The fraction of sp³-hybridized carbons (Fsp3) is 0.333. The molecule has 0 radical (unpaired) electrons. The first kappa shape index (κ1) is 20.0. The molecule has 25 heavy (non-hydrogen) atoms. The van der Waals surface area contributed by atoms with Crippen molar-refractivity contribution in [1.82, 2.24) is 10.3 Å². The maximum absolute atomic E-state index is 14.7. The summed E-state index contributed by atoms with van der Waals surface area (Å²) in [6, 6.07) is 6.38. The Balaban J connectivity index is 2.15. The number of amides is 1. The van der Waals surface area contributed by atoms with E-state index in [1.54, 1.807) is 38.1 Å². The van der Waals surface area contributed by atoms with Crippen LogP contribution in [-0.2, 0) is 12.2 Å². The molecule has 134 valence electrons. The Labute approximate surface area is 161 Å². The van der Waals surface area contributed by atoms with Gasteiger partial charge in [-0.05, 0) is 31.0 Å². The zero-order valence-electron chi connectivity index (χ0n) is 13.9. The molecule has 1 aromatic carbocycles. The third-order valence-electron chi connectivity index (χ3n) is 4.16. The highest BCUT2D eigenvalue weighted by atomic mass is 35.5. The van der Waals surface area contributed by atoms with Gasteiger partial charge in [0.05, 0.1) is 32.9 Å². The molecule has 0 saturated carbocycles. The van der Waals surface area contributed by atoms with Crippen LogP contribution in [0.25, 0.3) is 0 Å². The Morgan fingerprint density at radius 1 is 1.16 bits per heavy atom. The minimum Gasteiger partial charge on any atom is -0.346 e. The summed E-state index contributed by atoms with van der Waals surface area (Å²) < 4.78 is 14.7. The van der Waals surface area contributed by atoms with Gasteiger partial charge in [0.1, 0.15) is 5.67 Å². The largest absolute Gasteiger partial charge is 0.346 e. The molecule has 0 unspecified atom stereocenters. The lowest BCUT2D eigenvalue weighted by molar-refractivity contribution is 0.0950. The van der Waals surface area contributed by atoms with Crippen LogP contribution in [0.3, 0.4) is 0 Å². The Bertz CT molecular complexity index is 759. The second kappa shape index (κ2) is 8.35. The summed E-state index contributed by atoms with van der Waals surface area (Å²) in [5.74, 6) is -0.431. The van der Waals surface area contributed by atoms with Crippen molar-refractivity contribution >= 4 is 40.7 Å². The van der Waals surface area contributed by atoms with Crippen LogP contribution in [-0.4, -0.2) is 10.9 Å². The van der Waals surface area contributed by atoms with Crippen molar-refractivity contribution in [1.29, 1.82) is 0 Å². The maximum Gasteiger partial charge on any atom is 0.254 e. The normalized spacial score (nSPS) is 11.4. The van der Waals surface area contributed by atoms with Crippen molar-refractivity contribution in [2.75, 3.05) is 0 Å². The average molecular weight is 404 g/mol. The number of hydrogen-bond acceptors (Lipinski definition) is 2. The minimum absolute atomic E-state index is 0.0804. The van der Waals surface area contributed by atoms with E-state index in [-0.39, 0.29) is 22.2 Å². The predicted molar refractivity (Wildman–Crippen MR) is 100 cm³/mol. The van der Waals surface area contributed by atoms with E-state index in [1.807, 2.05) is 0 Å². The number of benzene rings is 1. The Morgan fingerprint density at radius 2 is 1.76 bits per heavy atom. The van der Waals surface area contributed by atoms with Crippen molar-refractivity contribution in [3.63, 3.8) is 0 Å². The number of pyridine rings is 1. The summed E-state index contributed by atoms with van der Waals surface area (Å²) in [6.45, 7) is 3.63. The number of rotatable bonds is 6. The zero-order chi connectivity index (χ0) is 18.6. The molecule has 0 spiro atoms. The molecular formula is C18H18Cl3FN2O. The van der Waals surface area contributed by atoms with Gasteiger partial charge in [0.2, 0.25) is 0 Å². The summed E-state index contributed by atoms with van der Waals surface area (Å²) in [5, 5.41) is 3.49. The molecule has 7 heteroatoms. The van der Waals surface area contributed by atoms with Gasteiger partial charge in [0, 0.05) is 11.8 Å². The SMILES string of the molecule is CCC(F)(CC)c1cnc(CNC(=O)c2c(Cl)cccc2Cl)c(Cl)c1. The highest BCUT2D eigenvalue weighted by Crippen LogP contribution is 2.34. The van der Waals surface area contributed by atoms with E-state index in [2.05, 4.69) is 10.3 Å². The van der Waals surface area contributed by atoms with Gasteiger partial charge in [-0.3, -0.25) is 9.78 Å². The Kier molecular flexibility index (Phi) is 6.66. The van der Waals surface area contributed by atoms with Crippen LogP contribution in [0.15, 0.2) is 30.5 Å². The second-order valence-electron chi connectivity index (χ2n) is 5.60. The van der Waals surface area contributed by atoms with E-state index in [1.165, 1.54) is 6.20 Å². The van der Waals surface area contributed by atoms with Gasteiger partial charge >= 0.3 is 0 Å². The molecule has 0 saturated heterocycles. The summed E-state index contributed by atoms with van der Waals surface area (Å²) in [5.41, 5.74) is -0.384. The van der Waals surface area contributed by atoms with E-state index in [4.69, 9.17) is 34.8 Å². The lowest BCUT2D eigenvalue weighted by Crippen LogP contribution is -2.24. The van der Waals surface area contributed by atoms with Crippen LogP contribution in [0.5, 0.6) is 0 Å². The lowest BCUT2D eigenvalue weighted by Gasteiger charge is -2.22. The van der Waals surface area contributed by atoms with E-state index >= 15 is 0 Å². The van der Waals surface area contributed by atoms with Crippen molar-refractivity contribution in [3.05, 3.63) is 62.4 Å². The number of hydrogen-bond donors (Lipinski definition) is 1. The number of carbonyl (C=O) groups is 1. The van der Waals surface area contributed by atoms with Crippen molar-refractivity contribution < 1.29 is 9.18 Å². The highest BCUT2D eigenvalue weighted by molar-refractivity contribution is 6.39. The number of nitrogens with one attached hydrogen (secondary N) is 1. The third kappa shape index (κ3) is 4.43. The van der Waals surface area contributed by atoms with Gasteiger partial charge < -0.3 is 5.32 Å². The van der Waals surface area contributed by atoms with E-state index in [0.29, 0.717) is 29.1 Å². The van der Waals surface area contributed by atoms with E-state index in [9.17, 15) is 9.18 Å². The first-order chi connectivity index (χ1) is 11.8. The van der Waals surface area contributed by atoms with Gasteiger partial charge in [-0.25, -0.2) is 4.39 Å². The van der Waals surface area contributed by atoms with Crippen LogP contribution < -0.4 is 5.32 Å². The molecule has 0 bridgehead atoms. The topological polar surface area (TPSA) is 42.0 Å². The molecule has 1 N–H and O–H groups in total. The van der Waals surface area contributed by atoms with Crippen molar-refractivity contribution in [2.24, 2.45) is 0 Å². The minimum atomic E-state index is -1.45. The van der Waals surface area contributed by atoms with Gasteiger partial charge in [0.25, 0.3) is 5.91 Å². The van der Waals surface area contributed by atoms with Crippen LogP contribution in [0, 0.1) is 0 Å². The van der Waals surface area contributed by atoms with Crippen LogP contribution in [0.2, 0.25) is 15.1 Å². The first-order valence-corrected chi connectivity index (χ1v) is 9.01. The number of carbonyl (C=O) groups excluding carboxylic acids is 1. The molecule has 0 atom stereocenters. The second-order valence-corrected chi connectivity index (χ2v) is 6.83. The smallest absolute Gasteiger partial charge is 0.254 e. The molecule has 2 aromatic rings. The Hall–Kier alpha value is -1.36. The fourth-order valence-electron chi connectivity index (χ4n) is 2.47. The number of halogens is 4. The molecule has 0 aliphatic rings. The Morgan fingerprint density at radius 3 is 2.28 bits per heavy atom. The van der Waals surface area contributed by atoms with Crippen molar-refractivity contribution in [3.8, 4) is 0 Å². The molecule has 0 fully saturated rings. The van der Waals surface area contributed by atoms with Crippen LogP contribution >= 0.6 is 34.8 Å². The van der Waals surface area contributed by atoms with Crippen molar-refractivity contribution in [2.45, 2.75) is 38.9 Å². The molecule has 1 heterocycles. The fourth-order valence-corrected chi connectivity index (χ4v) is 3.27. The summed E-state index contributed by atoms with van der Waals surface area (Å²) in [7, 11) is 0. The van der Waals surface area contributed by atoms with Gasteiger partial charge in [0.15, 0.2) is 0 Å². The summed E-state index contributed by atoms with van der Waals surface area (Å²) in [6.07, 6.45) is 2.13. The molecule has 1 amide bonds. The predicted octanol–water partition coefficient (Wildman–Crippen LogP) is 5.96. The van der Waals surface area contributed by atoms with Crippen LogP contribution in [0.1, 0.15) is 48.3 Å². The monoisotopic (exact) mass is 402 g/mol. The lowest BCUT2D eigenvalue weighted by atomic mass is 9.91. The van der Waals surface area contributed by atoms with Gasteiger partial charge in [-0.1, -0.05) is 54.7 Å². The number of aromatic nitrogens is 1. The summed E-state index contributed by atoms with van der Waals surface area (Å²) in [4.78, 5) is 16.5. The van der Waals surface area contributed by atoms with Gasteiger partial charge in [-0.15, -0.1) is 0 Å². The third-order valence-corrected chi connectivity index (χ3v) is 5.12. The maximum atomic E-state index is 14.7. The number of alkyl halides is 1. The average Bonchev–Trinajstić information content (AvgIpc) is 2.59. The molecule has 3 nitrogen and oxygen atoms in total. The molecular weight excluding hydrogens is 386 g/mol. The highest BCUT2D eigenvalue weighted by Gasteiger charge is 2.28. The first-order valence-electron chi connectivity index (χ1n) is 7.88. The summed E-state index contributed by atoms with van der Waals surface area (Å²) >= 11 is 18.2. The molecule has 2 rings (SSSR count). The van der Waals surface area contributed by atoms with Gasteiger partial charge in [-0.2, -0.15) is 0 Å². The zero-order valence-corrected chi connectivity index (χ0v) is 16.1. The van der Waals surface area contributed by atoms with E-state index in [0.717, 1.165) is 0 Å². The molecule has 1 aromatic heterocycles. The molecule has 0 aliphatic heterocycles. The quantitative estimate of drug-likeness (QED) is 0.647. The molecule has 0 aliphatic carbocycles. The number of nitrogens with zero attached hydrogens (tertiary/aromatic N) is 1. The van der Waals surface area contributed by atoms with E-state index < -0.39 is 11.6 Å². The van der Waals surface area contributed by atoms with Crippen LogP contribution in [0.4, 0.5) is 4.39 Å².